The van der Waals surface area contributed by atoms with Gasteiger partial charge in [0.1, 0.15) is 0 Å². The van der Waals surface area contributed by atoms with Crippen molar-refractivity contribution in [1.29, 1.82) is 0 Å². The smallest absolute Gasteiger partial charge is 0.335 e. The van der Waals surface area contributed by atoms with Gasteiger partial charge in [-0.3, -0.25) is 0 Å². The van der Waals surface area contributed by atoms with E-state index >= 15 is 0 Å². The van der Waals surface area contributed by atoms with Gasteiger partial charge in [0, 0.05) is 13.1 Å². The summed E-state index contributed by atoms with van der Waals surface area (Å²) in [5, 5.41) is 8.83. The molecular weight excluding hydrogens is 290 g/mol. The molecular formula is C15H21NO4S. The second kappa shape index (κ2) is 6.58. The van der Waals surface area contributed by atoms with E-state index in [1.165, 1.54) is 12.1 Å². The second-order valence-corrected chi connectivity index (χ2v) is 7.53. The van der Waals surface area contributed by atoms with E-state index in [-0.39, 0.29) is 11.3 Å². The molecule has 1 N–H and O–H groups in total. The first-order valence-corrected chi connectivity index (χ1v) is 8.83. The van der Waals surface area contributed by atoms with Crippen LogP contribution in [0.15, 0.2) is 24.3 Å². The van der Waals surface area contributed by atoms with Gasteiger partial charge in [0.25, 0.3) is 0 Å². The Bertz CT molecular complexity index is 595. The summed E-state index contributed by atoms with van der Waals surface area (Å²) in [6.45, 7) is 3.32. The number of benzene rings is 1. The molecule has 6 heteroatoms. The van der Waals surface area contributed by atoms with Gasteiger partial charge in [0.15, 0.2) is 0 Å². The maximum absolute atomic E-state index is 12.4. The van der Waals surface area contributed by atoms with Gasteiger partial charge in [-0.1, -0.05) is 25.5 Å². The minimum Gasteiger partial charge on any atom is -0.478 e. The van der Waals surface area contributed by atoms with Gasteiger partial charge < -0.3 is 5.11 Å². The molecule has 0 bridgehead atoms. The van der Waals surface area contributed by atoms with E-state index in [2.05, 4.69) is 6.92 Å². The van der Waals surface area contributed by atoms with Crippen molar-refractivity contribution >= 4 is 16.0 Å². The molecule has 21 heavy (non-hydrogen) atoms. The fraction of sp³-hybridized carbons (Fsp3) is 0.533. The molecule has 0 aromatic heterocycles. The number of nitrogens with zero attached hydrogens (tertiary/aromatic N) is 1. The number of carboxylic acid groups (broad SMARTS) is 1. The molecule has 0 saturated carbocycles. The van der Waals surface area contributed by atoms with Crippen molar-refractivity contribution in [3.05, 3.63) is 35.4 Å². The van der Waals surface area contributed by atoms with Crippen LogP contribution in [-0.2, 0) is 15.8 Å². The molecule has 1 aliphatic heterocycles. The van der Waals surface area contributed by atoms with Gasteiger partial charge in [-0.05, 0) is 36.5 Å². The lowest BCUT2D eigenvalue weighted by atomic mass is 10.0. The fourth-order valence-corrected chi connectivity index (χ4v) is 4.36. The Kier molecular flexibility index (Phi) is 5.00. The van der Waals surface area contributed by atoms with Gasteiger partial charge in [-0.25, -0.2) is 17.5 Å². The minimum absolute atomic E-state index is 0.0637. The third-order valence-electron chi connectivity index (χ3n) is 3.89. The first-order chi connectivity index (χ1) is 9.92. The standard InChI is InChI=1S/C15H21NO4S/c1-2-3-12-8-9-16(10-12)21(19,20)11-13-4-6-14(7-5-13)15(17)18/h4-7,12H,2-3,8-11H2,1H3,(H,17,18). The Labute approximate surface area is 125 Å². The number of carboxylic acids is 1. The van der Waals surface area contributed by atoms with E-state index in [4.69, 9.17) is 5.11 Å². The Morgan fingerprint density at radius 1 is 1.33 bits per heavy atom. The zero-order valence-electron chi connectivity index (χ0n) is 12.2. The Balaban J connectivity index is 2.02. The molecule has 116 valence electrons. The lowest BCUT2D eigenvalue weighted by molar-refractivity contribution is 0.0697. The lowest BCUT2D eigenvalue weighted by Gasteiger charge is -2.16. The zero-order chi connectivity index (χ0) is 15.5. The molecule has 1 aromatic rings. The molecule has 1 saturated heterocycles. The molecule has 1 aromatic carbocycles. The predicted octanol–water partition coefficient (Wildman–Crippen LogP) is 2.34. The molecule has 0 radical (unpaired) electrons. The van der Waals surface area contributed by atoms with Crippen molar-refractivity contribution in [2.45, 2.75) is 31.9 Å². The number of rotatable bonds is 6. The number of hydrogen-bond acceptors (Lipinski definition) is 3. The summed E-state index contributed by atoms with van der Waals surface area (Å²) >= 11 is 0. The van der Waals surface area contributed by atoms with Crippen LogP contribution in [0.1, 0.15) is 42.1 Å². The molecule has 5 nitrogen and oxygen atoms in total. The molecule has 0 amide bonds. The monoisotopic (exact) mass is 311 g/mol. The first kappa shape index (κ1) is 16.0. The quantitative estimate of drug-likeness (QED) is 0.875. The van der Waals surface area contributed by atoms with E-state index in [1.54, 1.807) is 16.4 Å². The average molecular weight is 311 g/mol. The summed E-state index contributed by atoms with van der Waals surface area (Å²) in [5.74, 6) is -0.600. The highest BCUT2D eigenvalue weighted by molar-refractivity contribution is 7.88. The molecule has 2 rings (SSSR count). The fourth-order valence-electron chi connectivity index (χ4n) is 2.74. The van der Waals surface area contributed by atoms with Crippen LogP contribution in [0.25, 0.3) is 0 Å². The Morgan fingerprint density at radius 3 is 2.57 bits per heavy atom. The van der Waals surface area contributed by atoms with Crippen LogP contribution in [0.4, 0.5) is 0 Å². The SMILES string of the molecule is CCCC1CCN(S(=O)(=O)Cc2ccc(C(=O)O)cc2)C1. The Morgan fingerprint density at radius 2 is 2.00 bits per heavy atom. The molecule has 1 fully saturated rings. The zero-order valence-corrected chi connectivity index (χ0v) is 13.0. The van der Waals surface area contributed by atoms with Crippen molar-refractivity contribution in [3.8, 4) is 0 Å². The highest BCUT2D eigenvalue weighted by Crippen LogP contribution is 2.25. The predicted molar refractivity (Wildman–Crippen MR) is 80.6 cm³/mol. The van der Waals surface area contributed by atoms with Crippen molar-refractivity contribution in [1.82, 2.24) is 4.31 Å². The van der Waals surface area contributed by atoms with Crippen LogP contribution in [-0.4, -0.2) is 36.9 Å². The topological polar surface area (TPSA) is 74.7 Å². The van der Waals surface area contributed by atoms with Crippen molar-refractivity contribution in [3.63, 3.8) is 0 Å². The first-order valence-electron chi connectivity index (χ1n) is 7.22. The molecule has 0 spiro atoms. The van der Waals surface area contributed by atoms with Crippen LogP contribution in [0, 0.1) is 5.92 Å². The second-order valence-electron chi connectivity index (χ2n) is 5.56. The van der Waals surface area contributed by atoms with E-state index in [0.29, 0.717) is 24.6 Å². The van der Waals surface area contributed by atoms with E-state index in [9.17, 15) is 13.2 Å². The largest absolute Gasteiger partial charge is 0.478 e. The molecule has 1 heterocycles. The number of aromatic carboxylic acids is 1. The Hall–Kier alpha value is -1.40. The van der Waals surface area contributed by atoms with E-state index in [0.717, 1.165) is 19.3 Å². The van der Waals surface area contributed by atoms with Crippen LogP contribution in [0.3, 0.4) is 0 Å². The minimum atomic E-state index is -3.31. The third-order valence-corrected chi connectivity index (χ3v) is 5.71. The van der Waals surface area contributed by atoms with Gasteiger partial charge in [-0.2, -0.15) is 0 Å². The summed E-state index contributed by atoms with van der Waals surface area (Å²) in [7, 11) is -3.31. The number of sulfonamides is 1. The van der Waals surface area contributed by atoms with Gasteiger partial charge in [0.05, 0.1) is 11.3 Å². The average Bonchev–Trinajstić information content (AvgIpc) is 2.89. The summed E-state index contributed by atoms with van der Waals surface area (Å²) in [5.41, 5.74) is 0.791. The van der Waals surface area contributed by atoms with Crippen LogP contribution in [0.2, 0.25) is 0 Å². The van der Waals surface area contributed by atoms with Crippen molar-refractivity contribution < 1.29 is 18.3 Å². The third kappa shape index (κ3) is 4.04. The van der Waals surface area contributed by atoms with Crippen LogP contribution < -0.4 is 0 Å². The molecule has 0 aliphatic carbocycles. The number of carbonyl (C=O) groups is 1. The van der Waals surface area contributed by atoms with E-state index in [1.807, 2.05) is 0 Å². The van der Waals surface area contributed by atoms with Crippen molar-refractivity contribution in [2.75, 3.05) is 13.1 Å². The normalized spacial score (nSPS) is 19.8. The van der Waals surface area contributed by atoms with Gasteiger partial charge >= 0.3 is 5.97 Å². The lowest BCUT2D eigenvalue weighted by Crippen LogP contribution is -2.30. The maximum Gasteiger partial charge on any atom is 0.335 e. The summed E-state index contributed by atoms with van der Waals surface area (Å²) in [6.07, 6.45) is 3.08. The highest BCUT2D eigenvalue weighted by atomic mass is 32.2. The van der Waals surface area contributed by atoms with Crippen LogP contribution >= 0.6 is 0 Å². The van der Waals surface area contributed by atoms with Crippen molar-refractivity contribution in [2.24, 2.45) is 5.92 Å². The maximum atomic E-state index is 12.4. The number of hydrogen-bond donors (Lipinski definition) is 1. The molecule has 1 unspecified atom stereocenters. The van der Waals surface area contributed by atoms with Gasteiger partial charge in [-0.15, -0.1) is 0 Å². The molecule has 1 aliphatic rings. The highest BCUT2D eigenvalue weighted by Gasteiger charge is 2.30. The van der Waals surface area contributed by atoms with Gasteiger partial charge in [0.2, 0.25) is 10.0 Å². The van der Waals surface area contributed by atoms with E-state index < -0.39 is 16.0 Å². The summed E-state index contributed by atoms with van der Waals surface area (Å²) in [4.78, 5) is 10.8. The molecule has 1 atom stereocenters. The summed E-state index contributed by atoms with van der Waals surface area (Å²) in [6, 6.07) is 6.02. The summed E-state index contributed by atoms with van der Waals surface area (Å²) < 4.78 is 26.3. The van der Waals surface area contributed by atoms with Crippen LogP contribution in [0.5, 0.6) is 0 Å².